The average molecular weight is 407 g/mol. The highest BCUT2D eigenvalue weighted by atomic mass is 35.5. The highest BCUT2D eigenvalue weighted by molar-refractivity contribution is 6.99. The molecule has 7 nitrogen and oxygen atoms in total. The molecule has 1 aliphatic rings. The number of rotatable bonds is 4. The third kappa shape index (κ3) is 3.44. The number of nitrogens with one attached hydrogen (secondary N) is 2. The predicted octanol–water partition coefficient (Wildman–Crippen LogP) is 2.87. The predicted molar refractivity (Wildman–Crippen MR) is 85.9 cm³/mol. The van der Waals surface area contributed by atoms with Crippen LogP contribution in [0.5, 0.6) is 0 Å². The largest absolute Gasteiger partial charge is 0.434 e. The monoisotopic (exact) mass is 406 g/mol. The zero-order valence-electron chi connectivity index (χ0n) is 12.8. The van der Waals surface area contributed by atoms with Crippen LogP contribution in [0.15, 0.2) is 24.4 Å². The van der Waals surface area contributed by atoms with Gasteiger partial charge in [0.1, 0.15) is 0 Å². The van der Waals surface area contributed by atoms with Gasteiger partial charge in [-0.3, -0.25) is 10.1 Å². The maximum absolute atomic E-state index is 13.9. The molecule has 1 aromatic carbocycles. The number of aromatic nitrogens is 2. The standard InChI is InChI=1S/C14H10ClF3N4O3S/c15-7-1-2-10-9(3-7)13(14(16,17)18,25-12(24)21-10)6-19-11(23)4-8-5-20-26-22-8/h1-3,5H,4,6H2,(H,19,23)(H,21,24). The topological polar surface area (TPSA) is 93.2 Å². The number of hydrogen-bond donors (Lipinski definition) is 2. The third-order valence-corrected chi connectivity index (χ3v) is 4.41. The molecule has 1 aromatic heterocycles. The summed E-state index contributed by atoms with van der Waals surface area (Å²) in [6.07, 6.45) is -5.20. The summed E-state index contributed by atoms with van der Waals surface area (Å²) in [5, 5.41) is 4.36. The van der Waals surface area contributed by atoms with Crippen molar-refractivity contribution in [1.82, 2.24) is 14.1 Å². The Kier molecular flexibility index (Phi) is 4.76. The lowest BCUT2D eigenvalue weighted by Crippen LogP contribution is -2.56. The molecule has 0 bridgehead atoms. The molecule has 1 aliphatic heterocycles. The second-order valence-electron chi connectivity index (χ2n) is 5.38. The highest BCUT2D eigenvalue weighted by Crippen LogP contribution is 2.47. The van der Waals surface area contributed by atoms with Crippen LogP contribution in [0.1, 0.15) is 11.3 Å². The Morgan fingerprint density at radius 2 is 2.19 bits per heavy atom. The van der Waals surface area contributed by atoms with E-state index in [1.807, 2.05) is 0 Å². The van der Waals surface area contributed by atoms with E-state index in [0.29, 0.717) is 5.69 Å². The number of carbonyl (C=O) groups is 2. The molecule has 0 fully saturated rings. The van der Waals surface area contributed by atoms with Crippen LogP contribution in [0.25, 0.3) is 0 Å². The Morgan fingerprint density at radius 1 is 1.42 bits per heavy atom. The molecular formula is C14H10ClF3N4O3S. The number of ether oxygens (including phenoxy) is 1. The van der Waals surface area contributed by atoms with Crippen molar-refractivity contribution in [2.24, 2.45) is 0 Å². The molecule has 3 rings (SSSR count). The Morgan fingerprint density at radius 3 is 2.85 bits per heavy atom. The molecule has 2 N–H and O–H groups in total. The fraction of sp³-hybridized carbons (Fsp3) is 0.286. The summed E-state index contributed by atoms with van der Waals surface area (Å²) in [6.45, 7) is -1.01. The van der Waals surface area contributed by atoms with E-state index in [9.17, 15) is 22.8 Å². The van der Waals surface area contributed by atoms with Crippen LogP contribution in [0.4, 0.5) is 23.7 Å². The van der Waals surface area contributed by atoms with Crippen LogP contribution in [-0.4, -0.2) is 33.5 Å². The van der Waals surface area contributed by atoms with Gasteiger partial charge in [-0.1, -0.05) is 11.6 Å². The van der Waals surface area contributed by atoms with Crippen molar-refractivity contribution in [1.29, 1.82) is 0 Å². The first-order valence-corrected chi connectivity index (χ1v) is 8.22. The van der Waals surface area contributed by atoms with Gasteiger partial charge in [0, 0.05) is 10.6 Å². The Labute approximate surface area is 153 Å². The molecule has 0 radical (unpaired) electrons. The van der Waals surface area contributed by atoms with E-state index in [1.54, 1.807) is 0 Å². The highest BCUT2D eigenvalue weighted by Gasteiger charge is 2.62. The van der Waals surface area contributed by atoms with Gasteiger partial charge in [-0.15, -0.1) is 0 Å². The lowest BCUT2D eigenvalue weighted by atomic mass is 9.89. The van der Waals surface area contributed by atoms with Gasteiger partial charge in [-0.2, -0.15) is 21.9 Å². The fourth-order valence-corrected chi connectivity index (χ4v) is 3.07. The lowest BCUT2D eigenvalue weighted by molar-refractivity contribution is -0.262. The molecular weight excluding hydrogens is 397 g/mol. The molecule has 1 atom stereocenters. The van der Waals surface area contributed by atoms with Gasteiger partial charge >= 0.3 is 12.3 Å². The fourth-order valence-electron chi connectivity index (χ4n) is 2.46. The SMILES string of the molecule is O=C(Cc1cnsn1)NCC1(C(F)(F)F)OC(=O)Nc2ccc(Cl)cc21. The minimum atomic E-state index is -5.00. The number of alkyl halides is 3. The first-order chi connectivity index (χ1) is 12.2. The zero-order chi connectivity index (χ0) is 18.9. The summed E-state index contributed by atoms with van der Waals surface area (Å²) in [4.78, 5) is 23.6. The second kappa shape index (κ2) is 6.72. The Bertz CT molecular complexity index is 846. The Balaban J connectivity index is 1.92. The number of carbonyl (C=O) groups excluding carboxylic acids is 2. The number of anilines is 1. The van der Waals surface area contributed by atoms with Crippen molar-refractivity contribution >= 4 is 41.0 Å². The molecule has 0 spiro atoms. The van der Waals surface area contributed by atoms with Crippen molar-refractivity contribution < 1.29 is 27.5 Å². The smallest absolute Gasteiger partial charge is 0.426 e. The number of hydrogen-bond acceptors (Lipinski definition) is 6. The lowest BCUT2D eigenvalue weighted by Gasteiger charge is -2.39. The quantitative estimate of drug-likeness (QED) is 0.814. The number of amides is 2. The second-order valence-corrected chi connectivity index (χ2v) is 6.37. The van der Waals surface area contributed by atoms with Gasteiger partial charge in [0.25, 0.3) is 5.60 Å². The molecule has 138 valence electrons. The van der Waals surface area contributed by atoms with E-state index in [1.165, 1.54) is 18.3 Å². The van der Waals surface area contributed by atoms with Crippen molar-refractivity contribution in [2.45, 2.75) is 18.2 Å². The van der Waals surface area contributed by atoms with Crippen molar-refractivity contribution in [3.63, 3.8) is 0 Å². The normalized spacial score (nSPS) is 19.3. The molecule has 12 heteroatoms. The van der Waals surface area contributed by atoms with E-state index in [0.717, 1.165) is 17.8 Å². The average Bonchev–Trinajstić information content (AvgIpc) is 3.05. The summed E-state index contributed by atoms with van der Waals surface area (Å²) in [7, 11) is 0. The molecule has 0 aliphatic carbocycles. The van der Waals surface area contributed by atoms with Gasteiger partial charge < -0.3 is 10.1 Å². The Hall–Kier alpha value is -2.40. The van der Waals surface area contributed by atoms with E-state index < -0.39 is 35.9 Å². The van der Waals surface area contributed by atoms with E-state index in [2.05, 4.69) is 24.1 Å². The summed E-state index contributed by atoms with van der Waals surface area (Å²) in [5.41, 5.74) is -3.24. The molecule has 2 heterocycles. The summed E-state index contributed by atoms with van der Waals surface area (Å²) >= 11 is 6.68. The van der Waals surface area contributed by atoms with Crippen LogP contribution in [0.2, 0.25) is 5.02 Å². The van der Waals surface area contributed by atoms with Gasteiger partial charge in [0.05, 0.1) is 42.3 Å². The summed E-state index contributed by atoms with van der Waals surface area (Å²) in [5.74, 6) is -0.723. The van der Waals surface area contributed by atoms with Crippen LogP contribution in [0.3, 0.4) is 0 Å². The van der Waals surface area contributed by atoms with Crippen LogP contribution >= 0.6 is 23.3 Å². The van der Waals surface area contributed by atoms with E-state index in [-0.39, 0.29) is 17.1 Å². The van der Waals surface area contributed by atoms with Gasteiger partial charge in [-0.25, -0.2) is 4.79 Å². The number of cyclic esters (lactones) is 1. The molecule has 2 amide bonds. The van der Waals surface area contributed by atoms with Crippen molar-refractivity contribution in [3.8, 4) is 0 Å². The summed E-state index contributed by atoms with van der Waals surface area (Å²) in [6, 6.07) is 3.61. The summed E-state index contributed by atoms with van der Waals surface area (Å²) < 4.78 is 53.8. The van der Waals surface area contributed by atoms with E-state index >= 15 is 0 Å². The van der Waals surface area contributed by atoms with Gasteiger partial charge in [-0.05, 0) is 18.2 Å². The minimum Gasteiger partial charge on any atom is -0.426 e. The molecule has 2 aromatic rings. The number of fused-ring (bicyclic) bond motifs is 1. The molecule has 26 heavy (non-hydrogen) atoms. The van der Waals surface area contributed by atoms with Gasteiger partial charge in [0.2, 0.25) is 5.91 Å². The maximum atomic E-state index is 13.9. The number of nitrogens with zero attached hydrogens (tertiary/aromatic N) is 2. The van der Waals surface area contributed by atoms with E-state index in [4.69, 9.17) is 11.6 Å². The third-order valence-electron chi connectivity index (χ3n) is 3.66. The number of halogens is 4. The maximum Gasteiger partial charge on any atom is 0.434 e. The van der Waals surface area contributed by atoms with Crippen molar-refractivity contribution in [2.75, 3.05) is 11.9 Å². The van der Waals surface area contributed by atoms with Crippen molar-refractivity contribution in [3.05, 3.63) is 40.7 Å². The van der Waals surface area contributed by atoms with Gasteiger partial charge in [0.15, 0.2) is 0 Å². The first kappa shape index (κ1) is 18.4. The zero-order valence-corrected chi connectivity index (χ0v) is 14.3. The molecule has 1 unspecified atom stereocenters. The number of benzene rings is 1. The van der Waals surface area contributed by atoms with Crippen LogP contribution in [0, 0.1) is 0 Å². The van der Waals surface area contributed by atoms with Crippen LogP contribution in [-0.2, 0) is 21.6 Å². The molecule has 0 saturated carbocycles. The minimum absolute atomic E-state index is 0.0250. The van der Waals surface area contributed by atoms with Crippen LogP contribution < -0.4 is 10.6 Å². The first-order valence-electron chi connectivity index (χ1n) is 7.11. The molecule has 0 saturated heterocycles.